The average Bonchev–Trinajstić information content (AvgIpc) is 2.12. The minimum atomic E-state index is 0.107. The second kappa shape index (κ2) is 6.40. The van der Waals surface area contributed by atoms with Gasteiger partial charge in [-0.25, -0.2) is 0 Å². The lowest BCUT2D eigenvalue weighted by molar-refractivity contribution is 0.181. The highest BCUT2D eigenvalue weighted by atomic mass is 32.1. The Labute approximate surface area is 100 Å². The van der Waals surface area contributed by atoms with Gasteiger partial charge < -0.3 is 4.90 Å². The number of rotatable bonds is 5. The monoisotopic (exact) mass is 228 g/mol. The van der Waals surface area contributed by atoms with Crippen molar-refractivity contribution in [3.05, 3.63) is 0 Å². The first-order chi connectivity index (χ1) is 6.81. The van der Waals surface area contributed by atoms with E-state index in [1.165, 1.54) is 0 Å². The van der Waals surface area contributed by atoms with E-state index in [-0.39, 0.29) is 11.3 Å². The molecule has 0 aliphatic carbocycles. The van der Waals surface area contributed by atoms with E-state index in [1.807, 2.05) is 6.92 Å². The maximum atomic E-state index is 8.74. The van der Waals surface area contributed by atoms with E-state index >= 15 is 0 Å². The van der Waals surface area contributed by atoms with Gasteiger partial charge in [0.15, 0.2) is 0 Å². The van der Waals surface area contributed by atoms with Crippen molar-refractivity contribution in [1.82, 2.24) is 4.90 Å². The van der Waals surface area contributed by atoms with Gasteiger partial charge in [0.05, 0.1) is 12.0 Å². The topological polar surface area (TPSA) is 27.0 Å². The summed E-state index contributed by atoms with van der Waals surface area (Å²) in [5.41, 5.74) is 0.284. The lowest BCUT2D eigenvalue weighted by Crippen LogP contribution is -2.36. The van der Waals surface area contributed by atoms with Gasteiger partial charge in [0, 0.05) is 13.1 Å². The molecule has 0 aromatic rings. The van der Waals surface area contributed by atoms with Crippen LogP contribution in [-0.2, 0) is 0 Å². The zero-order valence-corrected chi connectivity index (χ0v) is 11.5. The Morgan fingerprint density at radius 2 is 1.87 bits per heavy atom. The fourth-order valence-corrected chi connectivity index (χ4v) is 2.23. The molecular formula is C12H24N2S. The van der Waals surface area contributed by atoms with Gasteiger partial charge in [-0.15, -0.1) is 0 Å². The molecule has 2 nitrogen and oxygen atoms in total. The van der Waals surface area contributed by atoms with Crippen LogP contribution >= 0.6 is 12.6 Å². The van der Waals surface area contributed by atoms with E-state index in [1.54, 1.807) is 0 Å². The molecule has 0 amide bonds. The smallest absolute Gasteiger partial charge is 0.0666 e. The van der Waals surface area contributed by atoms with Crippen molar-refractivity contribution in [3.8, 4) is 6.07 Å². The van der Waals surface area contributed by atoms with Crippen LogP contribution in [-0.4, -0.2) is 30.8 Å². The summed E-state index contributed by atoms with van der Waals surface area (Å²) in [6.07, 6.45) is 0. The van der Waals surface area contributed by atoms with Crippen LogP contribution in [0, 0.1) is 28.6 Å². The quantitative estimate of drug-likeness (QED) is 0.732. The summed E-state index contributed by atoms with van der Waals surface area (Å²) in [4.78, 5) is 2.24. The Morgan fingerprint density at radius 3 is 2.20 bits per heavy atom. The Morgan fingerprint density at radius 1 is 1.33 bits per heavy atom. The van der Waals surface area contributed by atoms with Crippen molar-refractivity contribution < 1.29 is 0 Å². The molecule has 0 N–H and O–H groups in total. The van der Waals surface area contributed by atoms with Crippen LogP contribution in [0.2, 0.25) is 0 Å². The summed E-state index contributed by atoms with van der Waals surface area (Å²) in [5, 5.41) is 8.74. The Hall–Kier alpha value is -0.200. The number of thiol groups is 1. The summed E-state index contributed by atoms with van der Waals surface area (Å²) in [6.45, 7) is 10.6. The number of hydrogen-bond acceptors (Lipinski definition) is 3. The van der Waals surface area contributed by atoms with Crippen molar-refractivity contribution in [2.75, 3.05) is 25.9 Å². The Balaban J connectivity index is 4.15. The lowest BCUT2D eigenvalue weighted by Gasteiger charge is -2.33. The van der Waals surface area contributed by atoms with Crippen LogP contribution in [0.1, 0.15) is 27.7 Å². The molecule has 0 aliphatic rings. The SMILES string of the molecule is CC(C#N)CN(C)CC(CS)C(C)(C)C. The lowest BCUT2D eigenvalue weighted by atomic mass is 9.81. The van der Waals surface area contributed by atoms with E-state index in [9.17, 15) is 0 Å². The van der Waals surface area contributed by atoms with Crippen LogP contribution in [0.15, 0.2) is 0 Å². The standard InChI is InChI=1S/C12H24N2S/c1-10(6-13)7-14(5)8-11(9-15)12(2,3)4/h10-11,15H,7-9H2,1-5H3. The van der Waals surface area contributed by atoms with Gasteiger partial charge in [0.1, 0.15) is 0 Å². The molecule has 0 aliphatic heterocycles. The van der Waals surface area contributed by atoms with Crippen molar-refractivity contribution in [3.63, 3.8) is 0 Å². The first-order valence-corrected chi connectivity index (χ1v) is 6.13. The average molecular weight is 228 g/mol. The molecule has 0 bridgehead atoms. The summed E-state index contributed by atoms with van der Waals surface area (Å²) in [5.74, 6) is 1.57. The van der Waals surface area contributed by atoms with Gasteiger partial charge in [-0.05, 0) is 31.1 Å². The molecule has 88 valence electrons. The molecule has 3 heteroatoms. The molecule has 0 aromatic heterocycles. The second-order valence-electron chi connectivity index (χ2n) is 5.50. The van der Waals surface area contributed by atoms with Gasteiger partial charge in [0.2, 0.25) is 0 Å². The molecule has 0 saturated heterocycles. The fourth-order valence-electron chi connectivity index (χ4n) is 1.56. The Kier molecular flexibility index (Phi) is 6.31. The molecule has 0 saturated carbocycles. The largest absolute Gasteiger partial charge is 0.305 e. The maximum absolute atomic E-state index is 8.74. The van der Waals surface area contributed by atoms with Crippen molar-refractivity contribution in [2.45, 2.75) is 27.7 Å². The van der Waals surface area contributed by atoms with E-state index in [0.717, 1.165) is 18.8 Å². The van der Waals surface area contributed by atoms with Crippen molar-refractivity contribution >= 4 is 12.6 Å². The van der Waals surface area contributed by atoms with E-state index in [2.05, 4.69) is 51.4 Å². The van der Waals surface area contributed by atoms with Crippen LogP contribution in [0.4, 0.5) is 0 Å². The van der Waals surface area contributed by atoms with E-state index in [0.29, 0.717) is 5.92 Å². The number of hydrogen-bond donors (Lipinski definition) is 1. The van der Waals surface area contributed by atoms with Crippen molar-refractivity contribution in [2.24, 2.45) is 17.3 Å². The van der Waals surface area contributed by atoms with Crippen LogP contribution in [0.5, 0.6) is 0 Å². The highest BCUT2D eigenvalue weighted by molar-refractivity contribution is 7.80. The summed E-state index contributed by atoms with van der Waals surface area (Å²) in [6, 6.07) is 2.27. The predicted molar refractivity (Wildman–Crippen MR) is 69.1 cm³/mol. The molecule has 0 aromatic carbocycles. The van der Waals surface area contributed by atoms with Crippen LogP contribution in [0.3, 0.4) is 0 Å². The molecule has 0 rings (SSSR count). The Bertz CT molecular complexity index is 215. The van der Waals surface area contributed by atoms with Crippen molar-refractivity contribution in [1.29, 1.82) is 5.26 Å². The predicted octanol–water partition coefficient (Wildman–Crippen LogP) is 2.67. The van der Waals surface area contributed by atoms with Gasteiger partial charge in [-0.1, -0.05) is 20.8 Å². The third-order valence-corrected chi connectivity index (χ3v) is 3.22. The normalized spacial score (nSPS) is 16.1. The fraction of sp³-hybridized carbons (Fsp3) is 0.917. The molecule has 0 radical (unpaired) electrons. The van der Waals surface area contributed by atoms with Crippen LogP contribution in [0.25, 0.3) is 0 Å². The minimum absolute atomic E-state index is 0.107. The molecule has 2 atom stereocenters. The molecule has 2 unspecified atom stereocenters. The molecule has 0 heterocycles. The summed E-state index contributed by atoms with van der Waals surface area (Å²) in [7, 11) is 2.08. The molecule has 0 spiro atoms. The highest BCUT2D eigenvalue weighted by Gasteiger charge is 2.24. The van der Waals surface area contributed by atoms with Crippen LogP contribution < -0.4 is 0 Å². The minimum Gasteiger partial charge on any atom is -0.305 e. The highest BCUT2D eigenvalue weighted by Crippen LogP contribution is 2.27. The maximum Gasteiger partial charge on any atom is 0.0666 e. The summed E-state index contributed by atoms with van der Waals surface area (Å²) >= 11 is 4.41. The van der Waals surface area contributed by atoms with Gasteiger partial charge in [-0.2, -0.15) is 17.9 Å². The van der Waals surface area contributed by atoms with Gasteiger partial charge in [0.25, 0.3) is 0 Å². The number of nitriles is 1. The first kappa shape index (κ1) is 14.8. The second-order valence-corrected chi connectivity index (χ2v) is 5.86. The molecule has 15 heavy (non-hydrogen) atoms. The zero-order valence-electron chi connectivity index (χ0n) is 10.6. The summed E-state index contributed by atoms with van der Waals surface area (Å²) < 4.78 is 0. The van der Waals surface area contributed by atoms with Gasteiger partial charge >= 0.3 is 0 Å². The van der Waals surface area contributed by atoms with E-state index < -0.39 is 0 Å². The zero-order chi connectivity index (χ0) is 12.1. The first-order valence-electron chi connectivity index (χ1n) is 5.50. The third-order valence-electron chi connectivity index (χ3n) is 2.78. The molecule has 0 fully saturated rings. The molecular weight excluding hydrogens is 204 g/mol. The number of nitrogens with zero attached hydrogens (tertiary/aromatic N) is 2. The van der Waals surface area contributed by atoms with E-state index in [4.69, 9.17) is 5.26 Å². The third kappa shape index (κ3) is 6.06. The van der Waals surface area contributed by atoms with Gasteiger partial charge in [-0.3, -0.25) is 0 Å².